The summed E-state index contributed by atoms with van der Waals surface area (Å²) in [4.78, 5) is 11.8. The minimum Gasteiger partial charge on any atom is -0.355 e. The van der Waals surface area contributed by atoms with Crippen molar-refractivity contribution in [2.45, 2.75) is 46.5 Å². The van der Waals surface area contributed by atoms with Gasteiger partial charge in [-0.2, -0.15) is 0 Å². The zero-order valence-electron chi connectivity index (χ0n) is 10.9. The summed E-state index contributed by atoms with van der Waals surface area (Å²) >= 11 is 0. The van der Waals surface area contributed by atoms with E-state index < -0.39 is 0 Å². The smallest absolute Gasteiger partial charge is 0.224 e. The molecular weight excluding hydrogens is 200 g/mol. The second-order valence-corrected chi connectivity index (χ2v) is 5.44. The Hall–Kier alpha value is -0.570. The Labute approximate surface area is 99.4 Å². The lowest BCUT2D eigenvalue weighted by Crippen LogP contribution is -2.40. The first-order valence-corrected chi connectivity index (χ1v) is 6.56. The molecule has 0 aromatic carbocycles. The molecule has 0 saturated heterocycles. The lowest BCUT2D eigenvalue weighted by atomic mass is 9.89. The minimum atomic E-state index is 0.0740. The quantitative estimate of drug-likeness (QED) is 0.726. The summed E-state index contributed by atoms with van der Waals surface area (Å²) in [5.41, 5.74) is 0.355. The Morgan fingerprint density at radius 3 is 2.56 bits per heavy atom. The molecule has 94 valence electrons. The number of nitrogens with one attached hydrogen (secondary N) is 2. The molecule has 1 rings (SSSR count). The molecule has 1 fully saturated rings. The molecule has 1 unspecified atom stereocenters. The first kappa shape index (κ1) is 13.5. The van der Waals surface area contributed by atoms with Crippen LogP contribution in [0.1, 0.15) is 46.5 Å². The Morgan fingerprint density at radius 1 is 1.38 bits per heavy atom. The highest BCUT2D eigenvalue weighted by atomic mass is 16.1. The van der Waals surface area contributed by atoms with Crippen LogP contribution >= 0.6 is 0 Å². The molecule has 16 heavy (non-hydrogen) atoms. The summed E-state index contributed by atoms with van der Waals surface area (Å²) < 4.78 is 0. The van der Waals surface area contributed by atoms with Crippen molar-refractivity contribution in [3.8, 4) is 0 Å². The fraction of sp³-hybridized carbons (Fsp3) is 0.923. The third-order valence-corrected chi connectivity index (χ3v) is 3.65. The van der Waals surface area contributed by atoms with Crippen LogP contribution in [-0.2, 0) is 4.79 Å². The number of hydrogen-bond donors (Lipinski definition) is 2. The second-order valence-electron chi connectivity index (χ2n) is 5.44. The third-order valence-electron chi connectivity index (χ3n) is 3.65. The van der Waals surface area contributed by atoms with Gasteiger partial charge in [0.25, 0.3) is 0 Å². The molecule has 3 nitrogen and oxygen atoms in total. The van der Waals surface area contributed by atoms with E-state index in [1.807, 2.05) is 6.92 Å². The molecule has 0 aromatic rings. The average molecular weight is 226 g/mol. The van der Waals surface area contributed by atoms with Gasteiger partial charge in [-0.25, -0.2) is 0 Å². The van der Waals surface area contributed by atoms with Crippen molar-refractivity contribution in [3.05, 3.63) is 0 Å². The Kier molecular flexibility index (Phi) is 5.26. The largest absolute Gasteiger partial charge is 0.355 e. The summed E-state index contributed by atoms with van der Waals surface area (Å²) in [6, 6.07) is 0. The summed E-state index contributed by atoms with van der Waals surface area (Å²) in [6.07, 6.45) is 5.16. The number of carbonyl (C=O) groups excluding carboxylic acids is 1. The van der Waals surface area contributed by atoms with E-state index in [1.54, 1.807) is 0 Å². The van der Waals surface area contributed by atoms with Gasteiger partial charge >= 0.3 is 0 Å². The zero-order valence-corrected chi connectivity index (χ0v) is 10.9. The van der Waals surface area contributed by atoms with E-state index in [2.05, 4.69) is 24.5 Å². The molecule has 1 aliphatic rings. The van der Waals surface area contributed by atoms with Crippen LogP contribution in [0.2, 0.25) is 0 Å². The van der Waals surface area contributed by atoms with Crippen molar-refractivity contribution in [1.29, 1.82) is 0 Å². The lowest BCUT2D eigenvalue weighted by molar-refractivity contribution is -0.124. The van der Waals surface area contributed by atoms with Gasteiger partial charge in [0.05, 0.1) is 0 Å². The molecule has 0 heterocycles. The van der Waals surface area contributed by atoms with Crippen molar-refractivity contribution in [3.63, 3.8) is 0 Å². The topological polar surface area (TPSA) is 41.1 Å². The molecule has 2 N–H and O–H groups in total. The van der Waals surface area contributed by atoms with Crippen LogP contribution in [0, 0.1) is 11.3 Å². The van der Waals surface area contributed by atoms with Gasteiger partial charge in [-0.1, -0.05) is 33.6 Å². The van der Waals surface area contributed by atoms with Crippen LogP contribution in [0.3, 0.4) is 0 Å². The normalized spacial score (nSPS) is 20.7. The molecule has 1 saturated carbocycles. The van der Waals surface area contributed by atoms with Crippen molar-refractivity contribution in [2.75, 3.05) is 19.6 Å². The number of carbonyl (C=O) groups is 1. The molecule has 1 amide bonds. The van der Waals surface area contributed by atoms with Gasteiger partial charge in [-0.3, -0.25) is 4.79 Å². The third kappa shape index (κ3) is 4.12. The van der Waals surface area contributed by atoms with Crippen LogP contribution in [0.15, 0.2) is 0 Å². The molecule has 3 heteroatoms. The molecular formula is C13H26N2O. The first-order valence-electron chi connectivity index (χ1n) is 6.56. The van der Waals surface area contributed by atoms with Crippen LogP contribution < -0.4 is 10.6 Å². The van der Waals surface area contributed by atoms with Gasteiger partial charge in [0, 0.05) is 19.0 Å². The highest BCUT2D eigenvalue weighted by Gasteiger charge is 2.29. The minimum absolute atomic E-state index is 0.0740. The Balaban J connectivity index is 2.23. The number of rotatable bonds is 6. The second kappa shape index (κ2) is 6.24. The molecule has 0 aliphatic heterocycles. The maximum atomic E-state index is 11.8. The van der Waals surface area contributed by atoms with E-state index in [-0.39, 0.29) is 11.8 Å². The fourth-order valence-electron chi connectivity index (χ4n) is 2.33. The summed E-state index contributed by atoms with van der Waals surface area (Å²) in [5.74, 6) is 0.263. The van der Waals surface area contributed by atoms with Gasteiger partial charge in [0.15, 0.2) is 0 Å². The summed E-state index contributed by atoms with van der Waals surface area (Å²) in [5, 5.41) is 6.30. The fourth-order valence-corrected chi connectivity index (χ4v) is 2.33. The molecule has 0 radical (unpaired) electrons. The van der Waals surface area contributed by atoms with E-state index in [1.165, 1.54) is 25.7 Å². The van der Waals surface area contributed by atoms with E-state index in [0.717, 1.165) is 19.6 Å². The Bertz CT molecular complexity index is 222. The van der Waals surface area contributed by atoms with Crippen LogP contribution in [-0.4, -0.2) is 25.5 Å². The van der Waals surface area contributed by atoms with Crippen molar-refractivity contribution in [1.82, 2.24) is 10.6 Å². The number of amides is 1. The molecule has 1 aliphatic carbocycles. The highest BCUT2D eigenvalue weighted by molar-refractivity contribution is 5.78. The maximum Gasteiger partial charge on any atom is 0.224 e. The van der Waals surface area contributed by atoms with Crippen LogP contribution in [0.25, 0.3) is 0 Å². The summed E-state index contributed by atoms with van der Waals surface area (Å²) in [6.45, 7) is 8.88. The zero-order chi connectivity index (χ0) is 12.0. The first-order chi connectivity index (χ1) is 7.57. The number of hydrogen-bond acceptors (Lipinski definition) is 2. The predicted molar refractivity (Wildman–Crippen MR) is 67.3 cm³/mol. The van der Waals surface area contributed by atoms with E-state index in [4.69, 9.17) is 0 Å². The lowest BCUT2D eigenvalue weighted by Gasteiger charge is -2.24. The van der Waals surface area contributed by atoms with E-state index in [9.17, 15) is 4.79 Å². The van der Waals surface area contributed by atoms with Gasteiger partial charge in [-0.05, 0) is 24.8 Å². The van der Waals surface area contributed by atoms with E-state index in [0.29, 0.717) is 5.41 Å². The Morgan fingerprint density at radius 2 is 2.00 bits per heavy atom. The van der Waals surface area contributed by atoms with Crippen LogP contribution in [0.5, 0.6) is 0 Å². The van der Waals surface area contributed by atoms with Gasteiger partial charge in [0.1, 0.15) is 0 Å². The standard InChI is InChI=1S/C13H26N2O/c1-4-14-9-11(2)12(16)15-10-13(3)7-5-6-8-13/h11,14H,4-10H2,1-3H3,(H,15,16). The molecule has 0 spiro atoms. The average Bonchev–Trinajstić information content (AvgIpc) is 2.70. The van der Waals surface area contributed by atoms with Gasteiger partial charge < -0.3 is 10.6 Å². The SMILES string of the molecule is CCNCC(C)C(=O)NCC1(C)CCCC1. The monoisotopic (exact) mass is 226 g/mol. The highest BCUT2D eigenvalue weighted by Crippen LogP contribution is 2.36. The summed E-state index contributed by atoms with van der Waals surface area (Å²) in [7, 11) is 0. The van der Waals surface area contributed by atoms with Gasteiger partial charge in [0.2, 0.25) is 5.91 Å². The molecule has 1 atom stereocenters. The van der Waals surface area contributed by atoms with Crippen molar-refractivity contribution < 1.29 is 4.79 Å². The van der Waals surface area contributed by atoms with Crippen molar-refractivity contribution in [2.24, 2.45) is 11.3 Å². The predicted octanol–water partition coefficient (Wildman–Crippen LogP) is 1.93. The van der Waals surface area contributed by atoms with Crippen molar-refractivity contribution >= 4 is 5.91 Å². The molecule has 0 bridgehead atoms. The molecule has 0 aromatic heterocycles. The van der Waals surface area contributed by atoms with E-state index >= 15 is 0 Å². The van der Waals surface area contributed by atoms with Crippen LogP contribution in [0.4, 0.5) is 0 Å². The van der Waals surface area contributed by atoms with Gasteiger partial charge in [-0.15, -0.1) is 0 Å². The maximum absolute atomic E-state index is 11.8.